The predicted molar refractivity (Wildman–Crippen MR) is 155 cm³/mol. The third-order valence-electron chi connectivity index (χ3n) is 6.76. The number of rotatable bonds is 15. The van der Waals surface area contributed by atoms with Gasteiger partial charge in [-0.2, -0.15) is 0 Å². The van der Waals surface area contributed by atoms with Gasteiger partial charge in [0.1, 0.15) is 11.9 Å². The van der Waals surface area contributed by atoms with E-state index in [-0.39, 0.29) is 12.4 Å². The molecule has 4 rings (SSSR count). The summed E-state index contributed by atoms with van der Waals surface area (Å²) in [5.74, 6) is 0.939. The summed E-state index contributed by atoms with van der Waals surface area (Å²) >= 11 is 0. The molecule has 1 saturated heterocycles. The number of unbranched alkanes of at least 4 members (excludes halogenated alkanes) is 3. The summed E-state index contributed by atoms with van der Waals surface area (Å²) in [4.78, 5) is 0. The molecule has 0 spiro atoms. The first-order chi connectivity index (χ1) is 18.8. The lowest BCUT2D eigenvalue weighted by molar-refractivity contribution is -0.200. The molecule has 1 fully saturated rings. The number of hydrogen-bond donors (Lipinski definition) is 0. The van der Waals surface area contributed by atoms with Crippen molar-refractivity contribution in [3.8, 4) is 5.75 Å². The van der Waals surface area contributed by atoms with Gasteiger partial charge in [-0.1, -0.05) is 105 Å². The molecule has 3 aromatic rings. The van der Waals surface area contributed by atoms with E-state index in [1.54, 1.807) is 0 Å². The fraction of sp³-hybridized carbons (Fsp3) is 0.412. The van der Waals surface area contributed by atoms with Crippen LogP contribution in [0.15, 0.2) is 78.9 Å². The first kappa shape index (κ1) is 28.1. The number of benzene rings is 3. The molecule has 0 amide bonds. The molecule has 38 heavy (non-hydrogen) atoms. The van der Waals surface area contributed by atoms with Crippen LogP contribution in [0.5, 0.6) is 5.75 Å². The Bertz CT molecular complexity index is 1050. The maximum absolute atomic E-state index is 6.28. The summed E-state index contributed by atoms with van der Waals surface area (Å²) in [5.41, 5.74) is 4.58. The average Bonchev–Trinajstić information content (AvgIpc) is 2.98. The largest absolute Gasteiger partial charge is 0.494 e. The molecule has 1 unspecified atom stereocenters. The van der Waals surface area contributed by atoms with Crippen LogP contribution in [0.25, 0.3) is 12.2 Å². The van der Waals surface area contributed by atoms with Crippen LogP contribution in [0.1, 0.15) is 80.2 Å². The standard InChI is InChI=1S/C34H42O4/c1-2-3-4-9-24-36-32-22-20-29(21-23-32)15-14-28-16-18-30(19-17-28)26-35-27-33(31-11-6-5-7-12-31)38-34-13-8-10-25-37-34/h5-7,11-12,14-23,33-34H,2-4,8-10,13,24-27H2,1H3/t33?,34-/m1/s1. The molecular formula is C34H42O4. The Morgan fingerprint density at radius 1 is 0.842 bits per heavy atom. The lowest BCUT2D eigenvalue weighted by Gasteiger charge is -2.28. The van der Waals surface area contributed by atoms with Gasteiger partial charge in [0.25, 0.3) is 0 Å². The third-order valence-corrected chi connectivity index (χ3v) is 6.76. The summed E-state index contributed by atoms with van der Waals surface area (Å²) in [6.07, 6.45) is 12.1. The quantitative estimate of drug-likeness (QED) is 0.150. The Kier molecular flexibility index (Phi) is 11.9. The maximum atomic E-state index is 6.28. The minimum absolute atomic E-state index is 0.139. The van der Waals surface area contributed by atoms with E-state index in [1.165, 1.54) is 19.3 Å². The summed E-state index contributed by atoms with van der Waals surface area (Å²) in [5, 5.41) is 0. The molecule has 0 aliphatic carbocycles. The van der Waals surface area contributed by atoms with Gasteiger partial charge in [-0.25, -0.2) is 0 Å². The second kappa shape index (κ2) is 16.1. The molecule has 202 valence electrons. The van der Waals surface area contributed by atoms with Crippen LogP contribution >= 0.6 is 0 Å². The van der Waals surface area contributed by atoms with Crippen molar-refractivity contribution in [2.45, 2.75) is 70.9 Å². The Labute approximate surface area is 228 Å². The Hall–Kier alpha value is -2.92. The van der Waals surface area contributed by atoms with E-state index >= 15 is 0 Å². The van der Waals surface area contributed by atoms with Crippen molar-refractivity contribution < 1.29 is 18.9 Å². The molecule has 1 aliphatic rings. The van der Waals surface area contributed by atoms with Gasteiger partial charge in [0.15, 0.2) is 6.29 Å². The van der Waals surface area contributed by atoms with E-state index < -0.39 is 0 Å². The molecule has 1 heterocycles. The summed E-state index contributed by atoms with van der Waals surface area (Å²) in [6.45, 7) is 4.82. The van der Waals surface area contributed by atoms with Crippen LogP contribution in [0, 0.1) is 0 Å². The molecular weight excluding hydrogens is 472 g/mol. The van der Waals surface area contributed by atoms with Crippen molar-refractivity contribution in [1.29, 1.82) is 0 Å². The number of ether oxygens (including phenoxy) is 4. The maximum Gasteiger partial charge on any atom is 0.158 e. The van der Waals surface area contributed by atoms with Crippen LogP contribution in [-0.2, 0) is 20.8 Å². The van der Waals surface area contributed by atoms with Crippen LogP contribution in [0.4, 0.5) is 0 Å². The van der Waals surface area contributed by atoms with E-state index in [1.807, 2.05) is 30.3 Å². The van der Waals surface area contributed by atoms with Crippen molar-refractivity contribution in [1.82, 2.24) is 0 Å². The van der Waals surface area contributed by atoms with Gasteiger partial charge >= 0.3 is 0 Å². The Morgan fingerprint density at radius 2 is 1.58 bits per heavy atom. The van der Waals surface area contributed by atoms with E-state index in [0.717, 1.165) is 66.9 Å². The fourth-order valence-electron chi connectivity index (χ4n) is 4.48. The van der Waals surface area contributed by atoms with Crippen LogP contribution in [0.3, 0.4) is 0 Å². The molecule has 0 saturated carbocycles. The zero-order valence-corrected chi connectivity index (χ0v) is 22.7. The predicted octanol–water partition coefficient (Wildman–Crippen LogP) is 8.62. The van der Waals surface area contributed by atoms with E-state index in [9.17, 15) is 0 Å². The highest BCUT2D eigenvalue weighted by Gasteiger charge is 2.21. The zero-order valence-electron chi connectivity index (χ0n) is 22.7. The highest BCUT2D eigenvalue weighted by molar-refractivity contribution is 5.69. The summed E-state index contributed by atoms with van der Waals surface area (Å²) < 4.78 is 24.0. The Morgan fingerprint density at radius 3 is 2.26 bits per heavy atom. The van der Waals surface area contributed by atoms with Crippen LogP contribution in [0.2, 0.25) is 0 Å². The van der Waals surface area contributed by atoms with Gasteiger partial charge < -0.3 is 18.9 Å². The second-order valence-corrected chi connectivity index (χ2v) is 9.90. The third kappa shape index (κ3) is 9.75. The normalized spacial score (nSPS) is 16.5. The number of hydrogen-bond acceptors (Lipinski definition) is 4. The fourth-order valence-corrected chi connectivity index (χ4v) is 4.48. The highest BCUT2D eigenvalue weighted by Crippen LogP contribution is 2.25. The van der Waals surface area contributed by atoms with Crippen molar-refractivity contribution in [2.24, 2.45) is 0 Å². The minimum Gasteiger partial charge on any atom is -0.494 e. The molecule has 0 N–H and O–H groups in total. The average molecular weight is 515 g/mol. The zero-order chi connectivity index (χ0) is 26.3. The molecule has 4 nitrogen and oxygen atoms in total. The van der Waals surface area contributed by atoms with Crippen molar-refractivity contribution >= 4 is 12.2 Å². The molecule has 4 heteroatoms. The first-order valence-corrected chi connectivity index (χ1v) is 14.2. The SMILES string of the molecule is CCCCCCOc1ccc(C=Cc2ccc(COCC(O[C@@H]3CCCCO3)c3ccccc3)cc2)cc1. The van der Waals surface area contributed by atoms with Gasteiger partial charge in [0.2, 0.25) is 0 Å². The molecule has 0 radical (unpaired) electrons. The summed E-state index contributed by atoms with van der Waals surface area (Å²) in [7, 11) is 0. The monoisotopic (exact) mass is 514 g/mol. The van der Waals surface area contributed by atoms with Gasteiger partial charge in [0.05, 0.1) is 19.8 Å². The van der Waals surface area contributed by atoms with Gasteiger partial charge in [0, 0.05) is 6.61 Å². The lowest BCUT2D eigenvalue weighted by atomic mass is 10.1. The van der Waals surface area contributed by atoms with Crippen molar-refractivity contribution in [2.75, 3.05) is 19.8 Å². The van der Waals surface area contributed by atoms with Crippen LogP contribution in [-0.4, -0.2) is 26.1 Å². The van der Waals surface area contributed by atoms with E-state index in [4.69, 9.17) is 18.9 Å². The highest BCUT2D eigenvalue weighted by atomic mass is 16.7. The smallest absolute Gasteiger partial charge is 0.158 e. The molecule has 0 bridgehead atoms. The van der Waals surface area contributed by atoms with Crippen molar-refractivity contribution in [3.05, 3.63) is 101 Å². The Balaban J connectivity index is 1.23. The van der Waals surface area contributed by atoms with E-state index in [0.29, 0.717) is 13.2 Å². The molecule has 1 aliphatic heterocycles. The minimum atomic E-state index is -0.150. The molecule has 3 aromatic carbocycles. The summed E-state index contributed by atoms with van der Waals surface area (Å²) in [6, 6.07) is 27.1. The lowest BCUT2D eigenvalue weighted by Crippen LogP contribution is -2.26. The van der Waals surface area contributed by atoms with Gasteiger partial charge in [-0.3, -0.25) is 0 Å². The van der Waals surface area contributed by atoms with Gasteiger partial charge in [-0.05, 0) is 60.1 Å². The van der Waals surface area contributed by atoms with Crippen molar-refractivity contribution in [3.63, 3.8) is 0 Å². The van der Waals surface area contributed by atoms with Gasteiger partial charge in [-0.15, -0.1) is 0 Å². The second-order valence-electron chi connectivity index (χ2n) is 9.90. The van der Waals surface area contributed by atoms with E-state index in [2.05, 4.69) is 67.6 Å². The first-order valence-electron chi connectivity index (χ1n) is 14.2. The molecule has 0 aromatic heterocycles. The molecule has 2 atom stereocenters. The topological polar surface area (TPSA) is 36.9 Å². The van der Waals surface area contributed by atoms with Crippen LogP contribution < -0.4 is 4.74 Å².